The van der Waals surface area contributed by atoms with Crippen LogP contribution in [0.15, 0.2) is 0 Å². The minimum Gasteiger partial charge on any atom is -0.365 e. The summed E-state index contributed by atoms with van der Waals surface area (Å²) in [6, 6.07) is 0. The van der Waals surface area contributed by atoms with Crippen molar-refractivity contribution in [2.75, 3.05) is 0 Å². The molecule has 1 aliphatic heterocycles. The highest BCUT2D eigenvalue weighted by atomic mass is 16.5. The van der Waals surface area contributed by atoms with E-state index in [1.54, 1.807) is 6.92 Å². The van der Waals surface area contributed by atoms with E-state index in [2.05, 4.69) is 0 Å². The molecule has 0 aliphatic carbocycles. The lowest BCUT2D eigenvalue weighted by atomic mass is 10.0. The summed E-state index contributed by atoms with van der Waals surface area (Å²) in [5.41, 5.74) is -0.0731. The second kappa shape index (κ2) is 2.35. The third-order valence-electron chi connectivity index (χ3n) is 1.92. The molecule has 1 aliphatic rings. The van der Waals surface area contributed by atoms with E-state index in [0.717, 1.165) is 12.8 Å². The molecule has 0 bridgehead atoms. The van der Waals surface area contributed by atoms with Crippen LogP contribution in [0.1, 0.15) is 33.6 Å². The van der Waals surface area contributed by atoms with Crippen LogP contribution >= 0.6 is 0 Å². The summed E-state index contributed by atoms with van der Waals surface area (Å²) in [5.74, 6) is 0.158. The van der Waals surface area contributed by atoms with Crippen molar-refractivity contribution in [2.45, 2.75) is 45.3 Å². The van der Waals surface area contributed by atoms with Gasteiger partial charge in [-0.2, -0.15) is 0 Å². The molecule has 2 nitrogen and oxygen atoms in total. The summed E-state index contributed by atoms with van der Waals surface area (Å²) in [5, 5.41) is 0. The predicted molar refractivity (Wildman–Crippen MR) is 38.9 cm³/mol. The highest BCUT2D eigenvalue weighted by Crippen LogP contribution is 2.29. The molecule has 58 valence electrons. The molecule has 0 amide bonds. The molecule has 0 N–H and O–H groups in total. The first-order valence-electron chi connectivity index (χ1n) is 3.69. The molecule has 0 radical (unpaired) electrons. The van der Waals surface area contributed by atoms with Crippen LogP contribution in [0, 0.1) is 0 Å². The van der Waals surface area contributed by atoms with E-state index in [0.29, 0.717) is 0 Å². The molecular weight excluding hydrogens is 128 g/mol. The normalized spacial score (nSPS) is 30.5. The number of ether oxygens (including phenoxy) is 1. The van der Waals surface area contributed by atoms with Crippen molar-refractivity contribution in [2.24, 2.45) is 0 Å². The SMILES string of the molecule is CC(=O)C1CCC(C)(C)O1. The molecule has 1 heterocycles. The fourth-order valence-electron chi connectivity index (χ4n) is 1.27. The molecule has 0 aromatic heterocycles. The lowest BCUT2D eigenvalue weighted by Gasteiger charge is -2.17. The molecule has 1 rings (SSSR count). The summed E-state index contributed by atoms with van der Waals surface area (Å²) in [7, 11) is 0. The summed E-state index contributed by atoms with van der Waals surface area (Å²) in [6.45, 7) is 5.64. The van der Waals surface area contributed by atoms with Crippen molar-refractivity contribution in [3.05, 3.63) is 0 Å². The molecule has 0 aromatic carbocycles. The Morgan fingerprint density at radius 1 is 1.60 bits per heavy atom. The fraction of sp³-hybridized carbons (Fsp3) is 0.875. The first kappa shape index (κ1) is 7.73. The Kier molecular flexibility index (Phi) is 1.82. The summed E-state index contributed by atoms with van der Waals surface area (Å²) < 4.78 is 5.46. The molecule has 1 saturated heterocycles. The number of carbonyl (C=O) groups excluding carboxylic acids is 1. The Labute approximate surface area is 61.6 Å². The third kappa shape index (κ3) is 1.57. The van der Waals surface area contributed by atoms with Crippen LogP contribution in [0.3, 0.4) is 0 Å². The molecule has 0 saturated carbocycles. The molecular formula is C8H14O2. The minimum absolute atomic E-state index is 0.0731. The Balaban J connectivity index is 2.51. The second-order valence-corrected chi connectivity index (χ2v) is 3.52. The van der Waals surface area contributed by atoms with E-state index < -0.39 is 0 Å². The standard InChI is InChI=1S/C8H14O2/c1-6(9)7-4-5-8(2,3)10-7/h7H,4-5H2,1-3H3. The van der Waals surface area contributed by atoms with Gasteiger partial charge in [0.05, 0.1) is 5.60 Å². The molecule has 1 atom stereocenters. The maximum Gasteiger partial charge on any atom is 0.158 e. The summed E-state index contributed by atoms with van der Waals surface area (Å²) >= 11 is 0. The van der Waals surface area contributed by atoms with Crippen molar-refractivity contribution >= 4 is 5.78 Å². The molecule has 1 unspecified atom stereocenters. The number of carbonyl (C=O) groups is 1. The second-order valence-electron chi connectivity index (χ2n) is 3.52. The molecule has 10 heavy (non-hydrogen) atoms. The number of hydrogen-bond acceptors (Lipinski definition) is 2. The van der Waals surface area contributed by atoms with Crippen molar-refractivity contribution in [1.82, 2.24) is 0 Å². The van der Waals surface area contributed by atoms with E-state index in [1.807, 2.05) is 13.8 Å². The highest BCUT2D eigenvalue weighted by molar-refractivity contribution is 5.80. The van der Waals surface area contributed by atoms with Crippen LogP contribution in [0.4, 0.5) is 0 Å². The van der Waals surface area contributed by atoms with Gasteiger partial charge in [-0.3, -0.25) is 4.79 Å². The van der Waals surface area contributed by atoms with Gasteiger partial charge in [0.25, 0.3) is 0 Å². The fourth-order valence-corrected chi connectivity index (χ4v) is 1.27. The monoisotopic (exact) mass is 142 g/mol. The van der Waals surface area contributed by atoms with Gasteiger partial charge in [-0.15, -0.1) is 0 Å². The topological polar surface area (TPSA) is 26.3 Å². The Hall–Kier alpha value is -0.370. The maximum absolute atomic E-state index is 10.8. The van der Waals surface area contributed by atoms with Gasteiger partial charge in [-0.05, 0) is 33.6 Å². The largest absolute Gasteiger partial charge is 0.365 e. The smallest absolute Gasteiger partial charge is 0.158 e. The van der Waals surface area contributed by atoms with Crippen molar-refractivity contribution in [3.63, 3.8) is 0 Å². The number of ketones is 1. The van der Waals surface area contributed by atoms with Gasteiger partial charge in [0, 0.05) is 0 Å². The van der Waals surface area contributed by atoms with Gasteiger partial charge in [0.2, 0.25) is 0 Å². The van der Waals surface area contributed by atoms with E-state index in [-0.39, 0.29) is 17.5 Å². The van der Waals surface area contributed by atoms with Gasteiger partial charge in [0.15, 0.2) is 5.78 Å². The zero-order valence-corrected chi connectivity index (χ0v) is 6.81. The lowest BCUT2D eigenvalue weighted by molar-refractivity contribution is -0.130. The first-order valence-corrected chi connectivity index (χ1v) is 3.69. The van der Waals surface area contributed by atoms with E-state index in [4.69, 9.17) is 4.74 Å². The van der Waals surface area contributed by atoms with Gasteiger partial charge < -0.3 is 4.74 Å². The van der Waals surface area contributed by atoms with Crippen LogP contribution in [0.5, 0.6) is 0 Å². The van der Waals surface area contributed by atoms with Gasteiger partial charge >= 0.3 is 0 Å². The van der Waals surface area contributed by atoms with Gasteiger partial charge in [0.1, 0.15) is 6.10 Å². The number of hydrogen-bond donors (Lipinski definition) is 0. The zero-order valence-electron chi connectivity index (χ0n) is 6.81. The Morgan fingerprint density at radius 3 is 2.40 bits per heavy atom. The van der Waals surface area contributed by atoms with Crippen molar-refractivity contribution < 1.29 is 9.53 Å². The van der Waals surface area contributed by atoms with E-state index in [9.17, 15) is 4.79 Å². The number of Topliss-reactive ketones (excluding diaryl/α,β-unsaturated/α-hetero) is 1. The van der Waals surface area contributed by atoms with Crippen LogP contribution < -0.4 is 0 Å². The van der Waals surface area contributed by atoms with Gasteiger partial charge in [-0.25, -0.2) is 0 Å². The Bertz CT molecular complexity index is 149. The highest BCUT2D eigenvalue weighted by Gasteiger charge is 2.33. The summed E-state index contributed by atoms with van der Waals surface area (Å²) in [6.07, 6.45) is 1.76. The van der Waals surface area contributed by atoms with E-state index >= 15 is 0 Å². The van der Waals surface area contributed by atoms with Crippen molar-refractivity contribution in [3.8, 4) is 0 Å². The van der Waals surface area contributed by atoms with Gasteiger partial charge in [-0.1, -0.05) is 0 Å². The van der Waals surface area contributed by atoms with Crippen LogP contribution in [0.2, 0.25) is 0 Å². The quantitative estimate of drug-likeness (QED) is 0.555. The molecule has 2 heteroatoms. The first-order chi connectivity index (χ1) is 4.51. The van der Waals surface area contributed by atoms with Crippen molar-refractivity contribution in [1.29, 1.82) is 0 Å². The summed E-state index contributed by atoms with van der Waals surface area (Å²) in [4.78, 5) is 10.8. The molecule has 0 aromatic rings. The Morgan fingerprint density at radius 2 is 2.20 bits per heavy atom. The average molecular weight is 142 g/mol. The predicted octanol–water partition coefficient (Wildman–Crippen LogP) is 1.53. The number of rotatable bonds is 1. The van der Waals surface area contributed by atoms with Crippen LogP contribution in [0.25, 0.3) is 0 Å². The lowest BCUT2D eigenvalue weighted by Crippen LogP contribution is -2.23. The van der Waals surface area contributed by atoms with E-state index in [1.165, 1.54) is 0 Å². The zero-order chi connectivity index (χ0) is 7.78. The third-order valence-corrected chi connectivity index (χ3v) is 1.92. The molecule has 0 spiro atoms. The van der Waals surface area contributed by atoms with Crippen LogP contribution in [-0.2, 0) is 9.53 Å². The molecule has 1 fully saturated rings. The maximum atomic E-state index is 10.8. The minimum atomic E-state index is -0.130. The van der Waals surface area contributed by atoms with Crippen LogP contribution in [-0.4, -0.2) is 17.5 Å². The average Bonchev–Trinajstić information content (AvgIpc) is 2.10.